The fraction of sp³-hybridized carbons (Fsp3) is 0.500. The van der Waals surface area contributed by atoms with Gasteiger partial charge in [-0.1, -0.05) is 0 Å². The van der Waals surface area contributed by atoms with Crippen molar-refractivity contribution in [2.45, 2.75) is 37.8 Å². The summed E-state index contributed by atoms with van der Waals surface area (Å²) >= 11 is 0. The number of carbonyl (C=O) groups is 2. The van der Waals surface area contributed by atoms with Crippen molar-refractivity contribution in [3.8, 4) is 6.07 Å². The van der Waals surface area contributed by atoms with Crippen molar-refractivity contribution in [1.29, 1.82) is 5.26 Å². The summed E-state index contributed by atoms with van der Waals surface area (Å²) in [5, 5.41) is 16.2. The molecule has 8 nitrogen and oxygen atoms in total. The number of hydrogen-bond acceptors (Lipinski definition) is 5. The molecule has 3 heterocycles. The van der Waals surface area contributed by atoms with Crippen molar-refractivity contribution in [1.82, 2.24) is 15.1 Å². The number of likely N-dealkylation sites (tertiary alicyclic amines) is 1. The smallest absolute Gasteiger partial charge is 0.370 e. The van der Waals surface area contributed by atoms with Crippen LogP contribution in [0, 0.1) is 22.7 Å². The van der Waals surface area contributed by atoms with Gasteiger partial charge in [0.15, 0.2) is 0 Å². The highest BCUT2D eigenvalue weighted by Crippen LogP contribution is 2.47. The van der Waals surface area contributed by atoms with Gasteiger partial charge in [-0.2, -0.15) is 23.5 Å². The Bertz CT molecular complexity index is 1200. The van der Waals surface area contributed by atoms with Gasteiger partial charge in [-0.3, -0.25) is 14.7 Å². The Labute approximate surface area is 199 Å². The second kappa shape index (κ2) is 8.29. The fourth-order valence-corrected chi connectivity index (χ4v) is 5.49. The molecule has 1 aromatic heterocycles. The van der Waals surface area contributed by atoms with Crippen LogP contribution in [0.15, 0.2) is 24.3 Å². The van der Waals surface area contributed by atoms with E-state index in [1.54, 1.807) is 21.9 Å². The van der Waals surface area contributed by atoms with E-state index in [9.17, 15) is 22.8 Å². The number of halogens is 3. The number of hydrogen-bond donors (Lipinski definition) is 2. The number of nitrogens with one attached hydrogen (secondary N) is 1. The van der Waals surface area contributed by atoms with Crippen molar-refractivity contribution in [2.75, 3.05) is 31.1 Å². The van der Waals surface area contributed by atoms with Crippen LogP contribution < -0.4 is 10.6 Å². The van der Waals surface area contributed by atoms with E-state index in [0.717, 1.165) is 30.7 Å². The number of aromatic amines is 1. The number of primary amides is 1. The van der Waals surface area contributed by atoms with Gasteiger partial charge in [0.25, 0.3) is 5.91 Å². The monoisotopic (exact) mass is 486 g/mol. The molecule has 1 aliphatic carbocycles. The molecule has 2 aliphatic heterocycles. The van der Waals surface area contributed by atoms with Crippen molar-refractivity contribution < 1.29 is 22.8 Å². The summed E-state index contributed by atoms with van der Waals surface area (Å²) in [6.07, 6.45) is -1.47. The Morgan fingerprint density at radius 3 is 2.51 bits per heavy atom. The first-order valence-corrected chi connectivity index (χ1v) is 11.6. The lowest BCUT2D eigenvalue weighted by molar-refractivity contribution is -0.137. The number of rotatable bonds is 4. The number of amides is 2. The van der Waals surface area contributed by atoms with E-state index < -0.39 is 34.5 Å². The summed E-state index contributed by atoms with van der Waals surface area (Å²) in [7, 11) is 0. The van der Waals surface area contributed by atoms with E-state index in [1.165, 1.54) is 6.07 Å². The minimum Gasteiger partial charge on any atom is -0.370 e. The molecular formula is C24H25F3N6O2. The first-order chi connectivity index (χ1) is 16.6. The van der Waals surface area contributed by atoms with Gasteiger partial charge in [0.2, 0.25) is 5.91 Å². The average Bonchev–Trinajstić information content (AvgIpc) is 3.44. The molecule has 0 bridgehead atoms. The molecule has 1 aromatic carbocycles. The van der Waals surface area contributed by atoms with Crippen LogP contribution in [0.4, 0.5) is 18.9 Å². The lowest BCUT2D eigenvalue weighted by atomic mass is 9.70. The quantitative estimate of drug-likeness (QED) is 0.689. The molecule has 5 rings (SSSR count). The standard InChI is InChI=1S/C24H25F3N6O2/c25-24(26,27)17-9-16(4-3-15(17)11-28)33-12-18(21(29)34)23(13-33)5-7-32(8-6-23)22(35)20-10-19(30-31-20)14-1-2-14/h3-4,9-10,14,18H,1-2,5-8,12-13H2,(H2,29,34)(H,30,31). The molecule has 2 aromatic rings. The minimum absolute atomic E-state index is 0.171. The predicted molar refractivity (Wildman–Crippen MR) is 119 cm³/mol. The summed E-state index contributed by atoms with van der Waals surface area (Å²) in [6.45, 7) is 1.35. The van der Waals surface area contributed by atoms with Crippen LogP contribution in [0.5, 0.6) is 0 Å². The zero-order chi connectivity index (χ0) is 25.0. The Morgan fingerprint density at radius 1 is 1.20 bits per heavy atom. The van der Waals surface area contributed by atoms with Crippen molar-refractivity contribution >= 4 is 17.5 Å². The van der Waals surface area contributed by atoms with Crippen LogP contribution >= 0.6 is 0 Å². The molecule has 3 aliphatic rings. The number of aromatic nitrogens is 2. The van der Waals surface area contributed by atoms with Crippen LogP contribution in [0.1, 0.15) is 58.9 Å². The fourth-order valence-electron chi connectivity index (χ4n) is 5.49. The zero-order valence-electron chi connectivity index (χ0n) is 18.9. The molecule has 1 atom stereocenters. The molecular weight excluding hydrogens is 461 g/mol. The van der Waals surface area contributed by atoms with Gasteiger partial charge in [0, 0.05) is 48.9 Å². The normalized spacial score (nSPS) is 21.8. The Balaban J connectivity index is 1.33. The summed E-state index contributed by atoms with van der Waals surface area (Å²) < 4.78 is 40.4. The Kier molecular flexibility index (Phi) is 5.49. The number of H-pyrrole nitrogens is 1. The van der Waals surface area contributed by atoms with E-state index in [1.807, 2.05) is 0 Å². The largest absolute Gasteiger partial charge is 0.417 e. The Morgan fingerprint density at radius 2 is 1.91 bits per heavy atom. The summed E-state index contributed by atoms with van der Waals surface area (Å²) in [5.41, 5.74) is 5.38. The average molecular weight is 486 g/mol. The van der Waals surface area contributed by atoms with Gasteiger partial charge in [-0.05, 0) is 49.9 Å². The maximum atomic E-state index is 13.5. The predicted octanol–water partition coefficient (Wildman–Crippen LogP) is 3.02. The number of benzene rings is 1. The molecule has 2 saturated heterocycles. The highest BCUT2D eigenvalue weighted by Gasteiger charge is 2.51. The van der Waals surface area contributed by atoms with Gasteiger partial charge in [0.05, 0.1) is 23.1 Å². The number of alkyl halides is 3. The van der Waals surface area contributed by atoms with E-state index in [0.29, 0.717) is 49.8 Å². The van der Waals surface area contributed by atoms with Crippen molar-refractivity contribution in [2.24, 2.45) is 17.1 Å². The topological polar surface area (TPSA) is 119 Å². The van der Waals surface area contributed by atoms with Gasteiger partial charge in [-0.15, -0.1) is 0 Å². The van der Waals surface area contributed by atoms with E-state index in [-0.39, 0.29) is 12.5 Å². The summed E-state index contributed by atoms with van der Waals surface area (Å²) in [5.74, 6) is -0.778. The molecule has 3 N–H and O–H groups in total. The number of carbonyl (C=O) groups excluding carboxylic acids is 2. The molecule has 35 heavy (non-hydrogen) atoms. The van der Waals surface area contributed by atoms with E-state index in [2.05, 4.69) is 10.2 Å². The SMILES string of the molecule is N#Cc1ccc(N2CC(C(N)=O)C3(CCN(C(=O)c4cc(C5CC5)[nH]n4)CC3)C2)cc1C(F)(F)F. The molecule has 0 radical (unpaired) electrons. The van der Waals surface area contributed by atoms with E-state index >= 15 is 0 Å². The van der Waals surface area contributed by atoms with Gasteiger partial charge in [-0.25, -0.2) is 0 Å². The van der Waals surface area contributed by atoms with Gasteiger partial charge >= 0.3 is 6.18 Å². The lowest BCUT2D eigenvalue weighted by Gasteiger charge is -2.41. The van der Waals surface area contributed by atoms with Gasteiger partial charge < -0.3 is 15.5 Å². The first kappa shape index (κ1) is 23.2. The third kappa shape index (κ3) is 4.22. The number of nitrogens with two attached hydrogens (primary N) is 1. The number of anilines is 1. The Hall–Kier alpha value is -3.55. The maximum Gasteiger partial charge on any atom is 0.417 e. The van der Waals surface area contributed by atoms with Crippen molar-refractivity contribution in [3.05, 3.63) is 46.8 Å². The molecule has 11 heteroatoms. The van der Waals surface area contributed by atoms with Crippen LogP contribution in [0.3, 0.4) is 0 Å². The van der Waals surface area contributed by atoms with Crippen LogP contribution in [0.2, 0.25) is 0 Å². The summed E-state index contributed by atoms with van der Waals surface area (Å²) in [4.78, 5) is 28.8. The van der Waals surface area contributed by atoms with E-state index in [4.69, 9.17) is 11.0 Å². The molecule has 1 spiro atoms. The first-order valence-electron chi connectivity index (χ1n) is 11.6. The maximum absolute atomic E-state index is 13.5. The molecule has 1 saturated carbocycles. The molecule has 1 unspecified atom stereocenters. The third-order valence-electron chi connectivity index (χ3n) is 7.67. The lowest BCUT2D eigenvalue weighted by Crippen LogP contribution is -2.49. The molecule has 184 valence electrons. The minimum atomic E-state index is -4.67. The van der Waals surface area contributed by atoms with Crippen molar-refractivity contribution in [3.63, 3.8) is 0 Å². The number of piperidine rings is 1. The highest BCUT2D eigenvalue weighted by atomic mass is 19.4. The molecule has 2 amide bonds. The highest BCUT2D eigenvalue weighted by molar-refractivity contribution is 5.92. The second-order valence-corrected chi connectivity index (χ2v) is 9.81. The molecule has 3 fully saturated rings. The van der Waals surface area contributed by atoms with Crippen LogP contribution in [-0.4, -0.2) is 53.1 Å². The van der Waals surface area contributed by atoms with Crippen LogP contribution in [-0.2, 0) is 11.0 Å². The summed E-state index contributed by atoms with van der Waals surface area (Å²) in [6, 6.07) is 6.98. The van der Waals surface area contributed by atoms with Gasteiger partial charge in [0.1, 0.15) is 5.69 Å². The number of nitriles is 1. The zero-order valence-corrected chi connectivity index (χ0v) is 18.9. The third-order valence-corrected chi connectivity index (χ3v) is 7.67. The number of nitrogens with zero attached hydrogens (tertiary/aromatic N) is 4. The second-order valence-electron chi connectivity index (χ2n) is 9.81. The van der Waals surface area contributed by atoms with Crippen LogP contribution in [0.25, 0.3) is 0 Å².